The van der Waals surface area contributed by atoms with E-state index in [1.807, 2.05) is 0 Å². The lowest BCUT2D eigenvalue weighted by Crippen LogP contribution is -2.35. The fourth-order valence-electron chi connectivity index (χ4n) is 3.81. The Hall–Kier alpha value is -0.870. The quantitative estimate of drug-likeness (QED) is 0.147. The third kappa shape index (κ3) is 20.4. The molecule has 0 aliphatic carbocycles. The van der Waals surface area contributed by atoms with Gasteiger partial charge in [-0.15, -0.1) is 0 Å². The molecule has 1 amide bonds. The number of carbonyl (C=O) groups excluding carboxylic acids is 1. The Kier molecular flexibility index (Phi) is 23.7. The highest BCUT2D eigenvalue weighted by Gasteiger charge is 2.11. The summed E-state index contributed by atoms with van der Waals surface area (Å²) in [6.07, 6.45) is 27.3. The Labute approximate surface area is 187 Å². The molecule has 4 nitrogen and oxygen atoms in total. The molecule has 0 aliphatic heterocycles. The van der Waals surface area contributed by atoms with Gasteiger partial charge in [-0.05, 0) is 32.1 Å². The highest BCUT2D eigenvalue weighted by molar-refractivity contribution is 5.76. The molecule has 4 heteroatoms. The smallest absolute Gasteiger partial charge is 0.222 e. The zero-order valence-electron chi connectivity index (χ0n) is 20.0. The van der Waals surface area contributed by atoms with Crippen molar-refractivity contribution in [3.05, 3.63) is 12.2 Å². The van der Waals surface area contributed by atoms with Gasteiger partial charge in [-0.1, -0.05) is 96.1 Å². The largest absolute Gasteiger partial charge is 0.395 e. The van der Waals surface area contributed by atoms with Crippen LogP contribution in [0.25, 0.3) is 0 Å². The van der Waals surface area contributed by atoms with E-state index in [2.05, 4.69) is 19.1 Å². The van der Waals surface area contributed by atoms with Gasteiger partial charge in [0.2, 0.25) is 5.91 Å². The number of aliphatic hydroxyl groups excluding tert-OH is 2. The molecule has 0 aromatic heterocycles. The zero-order chi connectivity index (χ0) is 22.1. The Bertz CT molecular complexity index is 378. The third-order valence-electron chi connectivity index (χ3n) is 5.74. The molecule has 0 rings (SSSR count). The second-order valence-electron chi connectivity index (χ2n) is 8.58. The Balaban J connectivity index is 3.31. The van der Waals surface area contributed by atoms with E-state index in [9.17, 15) is 4.79 Å². The number of nitrogens with zero attached hydrogens (tertiary/aromatic N) is 1. The summed E-state index contributed by atoms with van der Waals surface area (Å²) in [5, 5.41) is 17.9. The summed E-state index contributed by atoms with van der Waals surface area (Å²) in [6, 6.07) is 0. The number of rotatable bonds is 23. The number of hydrogen-bond acceptors (Lipinski definition) is 3. The molecule has 0 fully saturated rings. The van der Waals surface area contributed by atoms with Crippen LogP contribution in [0, 0.1) is 0 Å². The van der Waals surface area contributed by atoms with Crippen molar-refractivity contribution in [2.45, 2.75) is 122 Å². The number of carbonyl (C=O) groups is 1. The molecule has 0 aromatic rings. The SMILES string of the molecule is CCCCCCCC/C=C\CCCCCCCCCCCC(=O)N(CCO)CCO. The van der Waals surface area contributed by atoms with Crippen LogP contribution in [-0.2, 0) is 4.79 Å². The maximum atomic E-state index is 12.0. The minimum absolute atomic E-state index is 0.0405. The van der Waals surface area contributed by atoms with Crippen LogP contribution < -0.4 is 0 Å². The lowest BCUT2D eigenvalue weighted by Gasteiger charge is -2.20. The van der Waals surface area contributed by atoms with Gasteiger partial charge in [0.25, 0.3) is 0 Å². The van der Waals surface area contributed by atoms with Crippen molar-refractivity contribution in [2.24, 2.45) is 0 Å². The van der Waals surface area contributed by atoms with Crippen LogP contribution in [0.3, 0.4) is 0 Å². The third-order valence-corrected chi connectivity index (χ3v) is 5.74. The Morgan fingerprint density at radius 3 is 1.47 bits per heavy atom. The van der Waals surface area contributed by atoms with Crippen molar-refractivity contribution in [1.29, 1.82) is 0 Å². The van der Waals surface area contributed by atoms with Crippen LogP contribution in [0.5, 0.6) is 0 Å². The number of unbranched alkanes of at least 4 members (excludes halogenated alkanes) is 15. The van der Waals surface area contributed by atoms with Gasteiger partial charge >= 0.3 is 0 Å². The monoisotopic (exact) mass is 425 g/mol. The van der Waals surface area contributed by atoms with Crippen molar-refractivity contribution < 1.29 is 15.0 Å². The normalized spacial score (nSPS) is 11.4. The average Bonchev–Trinajstić information content (AvgIpc) is 2.75. The second-order valence-corrected chi connectivity index (χ2v) is 8.58. The molecule has 0 spiro atoms. The first-order valence-corrected chi connectivity index (χ1v) is 12.9. The van der Waals surface area contributed by atoms with E-state index in [1.165, 1.54) is 96.3 Å². The van der Waals surface area contributed by atoms with Crippen molar-refractivity contribution >= 4 is 5.91 Å². The molecule has 30 heavy (non-hydrogen) atoms. The molecule has 0 aromatic carbocycles. The van der Waals surface area contributed by atoms with Gasteiger partial charge < -0.3 is 15.1 Å². The Morgan fingerprint density at radius 2 is 1.03 bits per heavy atom. The highest BCUT2D eigenvalue weighted by Crippen LogP contribution is 2.12. The second kappa shape index (κ2) is 24.4. The molecule has 0 saturated heterocycles. The first kappa shape index (κ1) is 29.1. The lowest BCUT2D eigenvalue weighted by atomic mass is 10.1. The van der Waals surface area contributed by atoms with Crippen LogP contribution in [0.2, 0.25) is 0 Å². The average molecular weight is 426 g/mol. The van der Waals surface area contributed by atoms with Gasteiger partial charge in [-0.3, -0.25) is 4.79 Å². The van der Waals surface area contributed by atoms with E-state index < -0.39 is 0 Å². The molecular weight excluding hydrogens is 374 g/mol. The molecule has 0 heterocycles. The van der Waals surface area contributed by atoms with Crippen LogP contribution >= 0.6 is 0 Å². The fraction of sp³-hybridized carbons (Fsp3) is 0.885. The molecule has 0 atom stereocenters. The van der Waals surface area contributed by atoms with Gasteiger partial charge in [0.1, 0.15) is 0 Å². The summed E-state index contributed by atoms with van der Waals surface area (Å²) < 4.78 is 0. The fourth-order valence-corrected chi connectivity index (χ4v) is 3.81. The molecule has 0 aliphatic rings. The van der Waals surface area contributed by atoms with E-state index in [-0.39, 0.29) is 19.1 Å². The lowest BCUT2D eigenvalue weighted by molar-refractivity contribution is -0.132. The molecule has 178 valence electrons. The van der Waals surface area contributed by atoms with E-state index in [1.54, 1.807) is 4.90 Å². The maximum absolute atomic E-state index is 12.0. The number of aliphatic hydroxyl groups is 2. The van der Waals surface area contributed by atoms with Crippen molar-refractivity contribution in [3.8, 4) is 0 Å². The van der Waals surface area contributed by atoms with Gasteiger partial charge in [0.05, 0.1) is 13.2 Å². The number of allylic oxidation sites excluding steroid dienone is 2. The predicted molar refractivity (Wildman–Crippen MR) is 129 cm³/mol. The molecule has 2 N–H and O–H groups in total. The molecular formula is C26H51NO3. The summed E-state index contributed by atoms with van der Waals surface area (Å²) in [4.78, 5) is 13.6. The van der Waals surface area contributed by atoms with E-state index in [0.717, 1.165) is 12.8 Å². The van der Waals surface area contributed by atoms with E-state index in [4.69, 9.17) is 10.2 Å². The number of hydrogen-bond donors (Lipinski definition) is 2. The van der Waals surface area contributed by atoms with Gasteiger partial charge in [0.15, 0.2) is 0 Å². The molecule has 0 unspecified atom stereocenters. The number of amides is 1. The minimum atomic E-state index is -0.0405. The summed E-state index contributed by atoms with van der Waals surface area (Å²) in [5.74, 6) is 0.0547. The van der Waals surface area contributed by atoms with Crippen molar-refractivity contribution in [2.75, 3.05) is 26.3 Å². The summed E-state index contributed by atoms with van der Waals surface area (Å²) in [7, 11) is 0. The van der Waals surface area contributed by atoms with Gasteiger partial charge in [-0.25, -0.2) is 0 Å². The first-order valence-electron chi connectivity index (χ1n) is 12.9. The van der Waals surface area contributed by atoms with E-state index >= 15 is 0 Å². The molecule has 0 radical (unpaired) electrons. The predicted octanol–water partition coefficient (Wildman–Crippen LogP) is 6.40. The van der Waals surface area contributed by atoms with Crippen LogP contribution in [0.1, 0.15) is 122 Å². The van der Waals surface area contributed by atoms with E-state index in [0.29, 0.717) is 19.5 Å². The van der Waals surface area contributed by atoms with Crippen LogP contribution in [0.4, 0.5) is 0 Å². The van der Waals surface area contributed by atoms with Gasteiger partial charge in [-0.2, -0.15) is 0 Å². The summed E-state index contributed by atoms with van der Waals surface area (Å²) >= 11 is 0. The zero-order valence-corrected chi connectivity index (χ0v) is 20.0. The van der Waals surface area contributed by atoms with Gasteiger partial charge in [0, 0.05) is 19.5 Å². The maximum Gasteiger partial charge on any atom is 0.222 e. The molecule has 0 bridgehead atoms. The van der Waals surface area contributed by atoms with Crippen LogP contribution in [-0.4, -0.2) is 47.3 Å². The molecule has 0 saturated carbocycles. The van der Waals surface area contributed by atoms with Crippen molar-refractivity contribution in [1.82, 2.24) is 4.90 Å². The highest BCUT2D eigenvalue weighted by atomic mass is 16.3. The first-order chi connectivity index (χ1) is 14.8. The van der Waals surface area contributed by atoms with Crippen molar-refractivity contribution in [3.63, 3.8) is 0 Å². The standard InChI is InChI=1S/C26H51NO3/c1-2-3-4-5-6-7-8-9-10-11-12-13-14-15-16-17-18-19-20-21-26(30)27(22-24-28)23-25-29/h9-10,28-29H,2-8,11-25H2,1H3/b10-9-. The minimum Gasteiger partial charge on any atom is -0.395 e. The topological polar surface area (TPSA) is 60.8 Å². The Morgan fingerprint density at radius 1 is 0.633 bits per heavy atom. The summed E-state index contributed by atoms with van der Waals surface area (Å²) in [5.41, 5.74) is 0. The summed E-state index contributed by atoms with van der Waals surface area (Å²) in [6.45, 7) is 2.85. The van der Waals surface area contributed by atoms with Crippen LogP contribution in [0.15, 0.2) is 12.2 Å².